The predicted octanol–water partition coefficient (Wildman–Crippen LogP) is 2.61. The van der Waals surface area contributed by atoms with Crippen molar-refractivity contribution in [2.24, 2.45) is 0 Å². The highest BCUT2D eigenvalue weighted by molar-refractivity contribution is 7.98. The van der Waals surface area contributed by atoms with Crippen LogP contribution in [0.3, 0.4) is 0 Å². The van der Waals surface area contributed by atoms with Crippen LogP contribution < -0.4 is 0 Å². The van der Waals surface area contributed by atoms with Gasteiger partial charge in [0.1, 0.15) is 0 Å². The molecule has 1 aliphatic carbocycles. The van der Waals surface area contributed by atoms with Crippen LogP contribution in [0.15, 0.2) is 29.2 Å². The summed E-state index contributed by atoms with van der Waals surface area (Å²) in [6.45, 7) is 0. The number of ether oxygens (including phenoxy) is 1. The Hall–Kier alpha value is -0.960. The van der Waals surface area contributed by atoms with E-state index in [1.807, 2.05) is 18.4 Å². The van der Waals surface area contributed by atoms with Crippen molar-refractivity contribution in [1.29, 1.82) is 0 Å². The molecule has 0 amide bonds. The minimum absolute atomic E-state index is 0.0965. The predicted molar refractivity (Wildman–Crippen MR) is 61.2 cm³/mol. The number of carbonyl (C=O) groups excluding carboxylic acids is 1. The SMILES string of the molecule is COC(=O)C1(c2cccc(SC)c2)CC1. The standard InChI is InChI=1S/C12H14O2S/c1-14-11(13)12(6-7-12)9-4-3-5-10(8-9)15-2/h3-5,8H,6-7H2,1-2H3. The van der Waals surface area contributed by atoms with Crippen LogP contribution in [-0.2, 0) is 14.9 Å². The third-order valence-electron chi connectivity index (χ3n) is 2.95. The van der Waals surface area contributed by atoms with Gasteiger partial charge < -0.3 is 4.74 Å². The number of carbonyl (C=O) groups is 1. The minimum atomic E-state index is -0.333. The zero-order chi connectivity index (χ0) is 10.9. The number of rotatable bonds is 3. The van der Waals surface area contributed by atoms with Crippen LogP contribution in [0.4, 0.5) is 0 Å². The van der Waals surface area contributed by atoms with Gasteiger partial charge in [-0.1, -0.05) is 12.1 Å². The number of esters is 1. The molecule has 1 aromatic carbocycles. The molecule has 2 rings (SSSR count). The van der Waals surface area contributed by atoms with Gasteiger partial charge in [0.05, 0.1) is 12.5 Å². The molecule has 0 aromatic heterocycles. The van der Waals surface area contributed by atoms with E-state index in [1.165, 1.54) is 12.0 Å². The fourth-order valence-corrected chi connectivity index (χ4v) is 2.31. The van der Waals surface area contributed by atoms with Crippen LogP contribution >= 0.6 is 11.8 Å². The van der Waals surface area contributed by atoms with Crippen LogP contribution in [0.25, 0.3) is 0 Å². The lowest BCUT2D eigenvalue weighted by Gasteiger charge is -2.13. The first-order chi connectivity index (χ1) is 7.23. The molecule has 2 nitrogen and oxygen atoms in total. The maximum Gasteiger partial charge on any atom is 0.316 e. The number of benzene rings is 1. The first-order valence-electron chi connectivity index (χ1n) is 4.96. The van der Waals surface area contributed by atoms with E-state index in [2.05, 4.69) is 12.1 Å². The third-order valence-corrected chi connectivity index (χ3v) is 3.67. The summed E-state index contributed by atoms with van der Waals surface area (Å²) in [5.74, 6) is -0.0965. The van der Waals surface area contributed by atoms with Crippen LogP contribution in [0.2, 0.25) is 0 Å². The lowest BCUT2D eigenvalue weighted by atomic mass is 9.96. The van der Waals surface area contributed by atoms with E-state index < -0.39 is 0 Å². The molecule has 0 saturated heterocycles. The molecule has 0 unspecified atom stereocenters. The summed E-state index contributed by atoms with van der Waals surface area (Å²) < 4.78 is 4.86. The van der Waals surface area contributed by atoms with Gasteiger partial charge in [-0.3, -0.25) is 4.79 Å². The van der Waals surface area contributed by atoms with Crippen LogP contribution in [0, 0.1) is 0 Å². The van der Waals surface area contributed by atoms with Crippen molar-refractivity contribution in [3.63, 3.8) is 0 Å². The average Bonchev–Trinajstić information content (AvgIpc) is 3.09. The van der Waals surface area contributed by atoms with Crippen molar-refractivity contribution < 1.29 is 9.53 Å². The summed E-state index contributed by atoms with van der Waals surface area (Å²) >= 11 is 1.69. The number of hydrogen-bond donors (Lipinski definition) is 0. The average molecular weight is 222 g/mol. The van der Waals surface area contributed by atoms with Gasteiger partial charge in [-0.2, -0.15) is 0 Å². The lowest BCUT2D eigenvalue weighted by molar-refractivity contribution is -0.143. The van der Waals surface area contributed by atoms with Gasteiger partial charge in [-0.15, -0.1) is 11.8 Å². The molecule has 0 radical (unpaired) electrons. The zero-order valence-corrected chi connectivity index (χ0v) is 9.76. The molecule has 3 heteroatoms. The molecule has 0 atom stereocenters. The Bertz CT molecular complexity index is 383. The minimum Gasteiger partial charge on any atom is -0.468 e. The Morgan fingerprint density at radius 1 is 1.47 bits per heavy atom. The van der Waals surface area contributed by atoms with Crippen molar-refractivity contribution in [3.8, 4) is 0 Å². The molecule has 1 fully saturated rings. The quantitative estimate of drug-likeness (QED) is 0.581. The number of methoxy groups -OCH3 is 1. The normalized spacial score (nSPS) is 17.2. The molecule has 0 spiro atoms. The van der Waals surface area contributed by atoms with Gasteiger partial charge in [0.2, 0.25) is 0 Å². The summed E-state index contributed by atoms with van der Waals surface area (Å²) in [6.07, 6.45) is 3.87. The number of hydrogen-bond acceptors (Lipinski definition) is 3. The monoisotopic (exact) mass is 222 g/mol. The topological polar surface area (TPSA) is 26.3 Å². The molecule has 80 valence electrons. The van der Waals surface area contributed by atoms with Crippen LogP contribution in [0.5, 0.6) is 0 Å². The van der Waals surface area contributed by atoms with E-state index in [-0.39, 0.29) is 11.4 Å². The van der Waals surface area contributed by atoms with Crippen molar-refractivity contribution in [2.45, 2.75) is 23.2 Å². The van der Waals surface area contributed by atoms with Gasteiger partial charge in [-0.25, -0.2) is 0 Å². The largest absolute Gasteiger partial charge is 0.468 e. The van der Waals surface area contributed by atoms with Gasteiger partial charge >= 0.3 is 5.97 Å². The Morgan fingerprint density at radius 3 is 2.73 bits per heavy atom. The maximum atomic E-state index is 11.7. The molecule has 0 N–H and O–H groups in total. The molecule has 1 aliphatic rings. The fourth-order valence-electron chi connectivity index (χ4n) is 1.85. The summed E-state index contributed by atoms with van der Waals surface area (Å²) in [5, 5.41) is 0. The smallest absolute Gasteiger partial charge is 0.316 e. The Labute approximate surface area is 94.0 Å². The molecule has 0 aliphatic heterocycles. The van der Waals surface area contributed by atoms with Gasteiger partial charge in [-0.05, 0) is 36.8 Å². The van der Waals surface area contributed by atoms with E-state index in [0.717, 1.165) is 18.4 Å². The molecule has 0 bridgehead atoms. The second-order valence-electron chi connectivity index (χ2n) is 3.81. The van der Waals surface area contributed by atoms with Gasteiger partial charge in [0, 0.05) is 4.90 Å². The molecule has 1 saturated carbocycles. The second kappa shape index (κ2) is 3.89. The molecular weight excluding hydrogens is 208 g/mol. The molecule has 1 aromatic rings. The summed E-state index contributed by atoms with van der Waals surface area (Å²) in [7, 11) is 1.46. The lowest BCUT2D eigenvalue weighted by Crippen LogP contribution is -2.21. The summed E-state index contributed by atoms with van der Waals surface area (Å²) in [4.78, 5) is 12.9. The third kappa shape index (κ3) is 1.76. The Kier molecular flexibility index (Phi) is 2.74. The van der Waals surface area contributed by atoms with E-state index in [4.69, 9.17) is 4.74 Å². The van der Waals surface area contributed by atoms with E-state index in [9.17, 15) is 4.79 Å². The van der Waals surface area contributed by atoms with Crippen LogP contribution in [-0.4, -0.2) is 19.3 Å². The molecular formula is C12H14O2S. The fraction of sp³-hybridized carbons (Fsp3) is 0.417. The molecule has 15 heavy (non-hydrogen) atoms. The maximum absolute atomic E-state index is 11.7. The van der Waals surface area contributed by atoms with E-state index in [0.29, 0.717) is 0 Å². The Balaban J connectivity index is 2.33. The highest BCUT2D eigenvalue weighted by Crippen LogP contribution is 2.49. The van der Waals surface area contributed by atoms with Crippen molar-refractivity contribution in [3.05, 3.63) is 29.8 Å². The van der Waals surface area contributed by atoms with Gasteiger partial charge in [0.25, 0.3) is 0 Å². The number of thioether (sulfide) groups is 1. The second-order valence-corrected chi connectivity index (χ2v) is 4.69. The highest BCUT2D eigenvalue weighted by Gasteiger charge is 2.52. The first kappa shape index (κ1) is 10.6. The van der Waals surface area contributed by atoms with Gasteiger partial charge in [0.15, 0.2) is 0 Å². The van der Waals surface area contributed by atoms with E-state index in [1.54, 1.807) is 11.8 Å². The first-order valence-corrected chi connectivity index (χ1v) is 6.18. The van der Waals surface area contributed by atoms with Crippen molar-refractivity contribution in [1.82, 2.24) is 0 Å². The van der Waals surface area contributed by atoms with E-state index >= 15 is 0 Å². The summed E-state index contributed by atoms with van der Waals surface area (Å²) in [5.41, 5.74) is 0.765. The van der Waals surface area contributed by atoms with Crippen LogP contribution in [0.1, 0.15) is 18.4 Å². The molecule has 0 heterocycles. The van der Waals surface area contributed by atoms with Crippen molar-refractivity contribution in [2.75, 3.05) is 13.4 Å². The Morgan fingerprint density at radius 2 is 2.20 bits per heavy atom. The van der Waals surface area contributed by atoms with Crippen molar-refractivity contribution >= 4 is 17.7 Å². The zero-order valence-electron chi connectivity index (χ0n) is 8.95. The highest BCUT2D eigenvalue weighted by atomic mass is 32.2. The summed E-state index contributed by atoms with van der Waals surface area (Å²) in [6, 6.07) is 8.17.